The number of carbonyl (C=O) groups is 3. The lowest BCUT2D eigenvalue weighted by Crippen LogP contribution is -2.44. The fraction of sp³-hybridized carbons (Fsp3) is 0.847. The molecule has 0 aromatic heterocycles. The second kappa shape index (κ2) is 63.3. The lowest BCUT2D eigenvalue weighted by atomic mass is 10.0. The van der Waals surface area contributed by atoms with E-state index in [9.17, 15) is 19.5 Å². The SMILES string of the molecule is CCCCCCC/C=C\C/C=C\C/C=C\CCCCCCCCCCCCCCCCCCCCCCCCCCCCC(=O)OC(COC(=O)CCCCCCC/C=C\CCCCCCCC)COC(OCC[N+](C)(C)C)C(=O)[O-]. The number of esters is 2. The fourth-order valence-electron chi connectivity index (χ4n) is 10.2. The minimum Gasteiger partial charge on any atom is -0.545 e. The third kappa shape index (κ3) is 64.7. The third-order valence-electron chi connectivity index (χ3n) is 15.5. The summed E-state index contributed by atoms with van der Waals surface area (Å²) >= 11 is 0. The summed E-state index contributed by atoms with van der Waals surface area (Å²) in [5.41, 5.74) is 0. The molecule has 0 aromatic carbocycles. The van der Waals surface area contributed by atoms with E-state index < -0.39 is 24.3 Å². The van der Waals surface area contributed by atoms with E-state index >= 15 is 0 Å². The molecule has 9 heteroatoms. The van der Waals surface area contributed by atoms with Crippen molar-refractivity contribution in [2.75, 3.05) is 47.5 Å². The van der Waals surface area contributed by atoms with Gasteiger partial charge >= 0.3 is 11.9 Å². The lowest BCUT2D eigenvalue weighted by Gasteiger charge is -2.26. The molecule has 0 radical (unpaired) electrons. The number of likely N-dealkylation sites (N-methyl/N-ethyl adjacent to an activating group) is 1. The van der Waals surface area contributed by atoms with Gasteiger partial charge in [-0.3, -0.25) is 9.59 Å². The van der Waals surface area contributed by atoms with E-state index in [0.717, 1.165) is 64.2 Å². The minimum atomic E-state index is -1.62. The van der Waals surface area contributed by atoms with Crippen LogP contribution in [-0.2, 0) is 33.3 Å². The summed E-state index contributed by atoms with van der Waals surface area (Å²) in [5, 5.41) is 11.8. The molecule has 0 amide bonds. The maximum atomic E-state index is 12.9. The molecule has 2 unspecified atom stereocenters. The van der Waals surface area contributed by atoms with Crippen LogP contribution in [0.5, 0.6) is 0 Å². The van der Waals surface area contributed by atoms with Crippen LogP contribution in [0.15, 0.2) is 48.6 Å². The summed E-state index contributed by atoms with van der Waals surface area (Å²) < 4.78 is 22.7. The van der Waals surface area contributed by atoms with Gasteiger partial charge in [-0.1, -0.05) is 294 Å². The van der Waals surface area contributed by atoms with Crippen molar-refractivity contribution in [2.24, 2.45) is 0 Å². The Bertz CT molecular complexity index is 1470. The van der Waals surface area contributed by atoms with E-state index in [0.29, 0.717) is 17.4 Å². The number of rotatable bonds is 65. The van der Waals surface area contributed by atoms with Crippen LogP contribution in [0, 0.1) is 0 Å². The van der Waals surface area contributed by atoms with Gasteiger partial charge in [0.05, 0.1) is 40.3 Å². The summed E-state index contributed by atoms with van der Waals surface area (Å²) in [6, 6.07) is 0. The first-order valence-corrected chi connectivity index (χ1v) is 34.8. The number of carboxylic acids is 1. The smallest absolute Gasteiger partial charge is 0.306 e. The second-order valence-corrected chi connectivity index (χ2v) is 24.8. The zero-order chi connectivity index (χ0) is 59.1. The van der Waals surface area contributed by atoms with Crippen molar-refractivity contribution in [3.05, 3.63) is 48.6 Å². The molecule has 0 aliphatic carbocycles. The Labute approximate surface area is 502 Å². The van der Waals surface area contributed by atoms with Gasteiger partial charge in [0, 0.05) is 12.8 Å². The van der Waals surface area contributed by atoms with E-state index in [-0.39, 0.29) is 38.6 Å². The predicted octanol–water partition coefficient (Wildman–Crippen LogP) is 20.0. The molecule has 0 rings (SSSR count). The Morgan fingerprint density at radius 3 is 1.00 bits per heavy atom. The number of nitrogens with zero attached hydrogens (tertiary/aromatic N) is 1. The highest BCUT2D eigenvalue weighted by Crippen LogP contribution is 2.18. The topological polar surface area (TPSA) is 111 Å². The highest BCUT2D eigenvalue weighted by atomic mass is 16.7. The molecule has 0 aliphatic heterocycles. The van der Waals surface area contributed by atoms with Gasteiger partial charge in [0.1, 0.15) is 13.2 Å². The van der Waals surface area contributed by atoms with Gasteiger partial charge < -0.3 is 33.3 Å². The van der Waals surface area contributed by atoms with Crippen molar-refractivity contribution >= 4 is 17.9 Å². The van der Waals surface area contributed by atoms with Crippen LogP contribution >= 0.6 is 0 Å². The Morgan fingerprint density at radius 1 is 0.370 bits per heavy atom. The number of unbranched alkanes of at least 4 members (excludes halogenated alkanes) is 42. The number of quaternary nitrogens is 1. The van der Waals surface area contributed by atoms with Gasteiger partial charge in [0.25, 0.3) is 0 Å². The average Bonchev–Trinajstić information content (AvgIpc) is 3.44. The van der Waals surface area contributed by atoms with E-state index in [4.69, 9.17) is 18.9 Å². The number of hydrogen-bond acceptors (Lipinski definition) is 8. The molecule has 2 atom stereocenters. The molecular formula is C72H133NO8. The normalized spacial score (nSPS) is 13.0. The molecule has 0 bridgehead atoms. The zero-order valence-electron chi connectivity index (χ0n) is 54.2. The second-order valence-electron chi connectivity index (χ2n) is 24.8. The predicted molar refractivity (Wildman–Crippen MR) is 343 cm³/mol. The lowest BCUT2D eigenvalue weighted by molar-refractivity contribution is -0.870. The largest absolute Gasteiger partial charge is 0.545 e. The first-order chi connectivity index (χ1) is 39.6. The summed E-state index contributed by atoms with van der Waals surface area (Å²) in [5.74, 6) is -2.27. The molecule has 0 saturated heterocycles. The van der Waals surface area contributed by atoms with Crippen LogP contribution in [0.4, 0.5) is 0 Å². The molecule has 0 aromatic rings. The molecule has 0 N–H and O–H groups in total. The van der Waals surface area contributed by atoms with Gasteiger partial charge in [-0.05, 0) is 77.0 Å². The number of allylic oxidation sites excluding steroid dienone is 8. The third-order valence-corrected chi connectivity index (χ3v) is 15.5. The van der Waals surface area contributed by atoms with Gasteiger partial charge in [-0.15, -0.1) is 0 Å². The van der Waals surface area contributed by atoms with E-state index in [2.05, 4.69) is 62.5 Å². The van der Waals surface area contributed by atoms with Gasteiger partial charge in [0.2, 0.25) is 0 Å². The monoisotopic (exact) mass is 1140 g/mol. The number of carboxylic acid groups (broad SMARTS) is 1. The van der Waals surface area contributed by atoms with Crippen molar-refractivity contribution < 1.29 is 42.9 Å². The first kappa shape index (κ1) is 78.2. The number of hydrogen-bond donors (Lipinski definition) is 0. The van der Waals surface area contributed by atoms with Crippen molar-refractivity contribution in [3.8, 4) is 0 Å². The minimum absolute atomic E-state index is 0.148. The first-order valence-electron chi connectivity index (χ1n) is 34.8. The fourth-order valence-corrected chi connectivity index (χ4v) is 10.2. The van der Waals surface area contributed by atoms with Crippen LogP contribution < -0.4 is 5.11 Å². The van der Waals surface area contributed by atoms with Crippen LogP contribution in [0.3, 0.4) is 0 Å². The highest BCUT2D eigenvalue weighted by molar-refractivity contribution is 5.70. The molecular weight excluding hydrogens is 1010 g/mol. The van der Waals surface area contributed by atoms with E-state index in [1.165, 1.54) is 238 Å². The molecule has 0 spiro atoms. The average molecular weight is 1140 g/mol. The Kier molecular flexibility index (Phi) is 61.1. The Hall–Kier alpha value is -2.75. The van der Waals surface area contributed by atoms with Crippen molar-refractivity contribution in [2.45, 2.75) is 347 Å². The molecule has 9 nitrogen and oxygen atoms in total. The van der Waals surface area contributed by atoms with Gasteiger partial charge in [-0.2, -0.15) is 0 Å². The van der Waals surface area contributed by atoms with E-state index in [1.54, 1.807) is 0 Å². The van der Waals surface area contributed by atoms with Gasteiger partial charge in [0.15, 0.2) is 12.4 Å². The highest BCUT2D eigenvalue weighted by Gasteiger charge is 2.22. The molecule has 474 valence electrons. The summed E-state index contributed by atoms with van der Waals surface area (Å²) in [6.07, 6.45) is 77.9. The van der Waals surface area contributed by atoms with Crippen LogP contribution in [0.2, 0.25) is 0 Å². The zero-order valence-corrected chi connectivity index (χ0v) is 54.2. The van der Waals surface area contributed by atoms with Crippen LogP contribution in [0.25, 0.3) is 0 Å². The number of carbonyl (C=O) groups excluding carboxylic acids is 3. The number of aliphatic carboxylic acids is 1. The maximum Gasteiger partial charge on any atom is 0.306 e. The van der Waals surface area contributed by atoms with Crippen molar-refractivity contribution in [1.29, 1.82) is 0 Å². The summed E-state index contributed by atoms with van der Waals surface area (Å²) in [6.45, 7) is 4.76. The molecule has 0 aliphatic rings. The van der Waals surface area contributed by atoms with Crippen molar-refractivity contribution in [3.63, 3.8) is 0 Å². The molecule has 0 saturated carbocycles. The number of ether oxygens (including phenoxy) is 4. The Balaban J connectivity index is 3.92. The van der Waals surface area contributed by atoms with Crippen LogP contribution in [0.1, 0.15) is 335 Å². The standard InChI is InChI=1S/C72H133NO8/c1-6-8-10-12-14-16-18-20-22-23-24-25-26-27-28-29-30-31-32-33-34-35-36-37-38-39-40-41-42-43-44-45-46-47-49-51-53-55-57-59-61-63-70(75)81-68(67-80-72(71(76)77)78-65-64-73(3,4)5)66-79-69(74)62-60-58-56-54-52-50-48-21-19-17-15-13-11-9-7-2/h18,20-21,23-24,26-27,48,68,72H,6-17,19,22,25,28-47,49-67H2,1-5H3/b20-18-,24-23-,27-26-,48-21-. The molecule has 81 heavy (non-hydrogen) atoms. The van der Waals surface area contributed by atoms with Gasteiger partial charge in [-0.25, -0.2) is 0 Å². The summed E-state index contributed by atoms with van der Waals surface area (Å²) in [7, 11) is 5.93. The quantitative estimate of drug-likeness (QED) is 0.0195. The maximum absolute atomic E-state index is 12.9. The molecule has 0 fully saturated rings. The summed E-state index contributed by atoms with van der Waals surface area (Å²) in [4.78, 5) is 37.3. The Morgan fingerprint density at radius 2 is 0.667 bits per heavy atom. The van der Waals surface area contributed by atoms with E-state index in [1.807, 2.05) is 21.1 Å². The molecule has 0 heterocycles. The van der Waals surface area contributed by atoms with Crippen LogP contribution in [-0.4, -0.2) is 82.3 Å². The van der Waals surface area contributed by atoms with Crippen molar-refractivity contribution in [1.82, 2.24) is 0 Å².